The molecule has 0 spiro atoms. The Morgan fingerprint density at radius 2 is 1.81 bits per heavy atom. The lowest BCUT2D eigenvalue weighted by Gasteiger charge is -2.12. The minimum atomic E-state index is -0.0921. The van der Waals surface area contributed by atoms with E-state index in [4.69, 9.17) is 5.73 Å². The van der Waals surface area contributed by atoms with E-state index >= 15 is 0 Å². The molecule has 6 nitrogen and oxygen atoms in total. The van der Waals surface area contributed by atoms with Crippen molar-refractivity contribution in [3.05, 3.63) is 78.8 Å². The maximum Gasteiger partial charge on any atom is 0.251 e. The van der Waals surface area contributed by atoms with Crippen LogP contribution in [0.3, 0.4) is 0 Å². The lowest BCUT2D eigenvalue weighted by atomic mass is 9.97. The summed E-state index contributed by atoms with van der Waals surface area (Å²) in [6.07, 6.45) is 5.39. The van der Waals surface area contributed by atoms with Gasteiger partial charge in [0.25, 0.3) is 5.91 Å². The van der Waals surface area contributed by atoms with Crippen molar-refractivity contribution in [2.45, 2.75) is 0 Å². The number of nitrogens with two attached hydrogens (primary N) is 1. The highest BCUT2D eigenvalue weighted by Gasteiger charge is 2.12. The third-order valence-electron chi connectivity index (χ3n) is 5.18. The highest BCUT2D eigenvalue weighted by molar-refractivity contribution is 5.99. The van der Waals surface area contributed by atoms with E-state index in [0.29, 0.717) is 17.9 Å². The zero-order chi connectivity index (χ0) is 21.8. The number of nitrogens with one attached hydrogen (secondary N) is 1. The van der Waals surface area contributed by atoms with Crippen molar-refractivity contribution in [2.75, 3.05) is 32.9 Å². The summed E-state index contributed by atoms with van der Waals surface area (Å²) in [6, 6.07) is 17.6. The SMILES string of the molecule is CN(C)CCNC(=O)c1cccc(-c2cnc(N)c(-c3cncc4ccccc34)c2)c1. The van der Waals surface area contributed by atoms with Crippen LogP contribution in [0.25, 0.3) is 33.0 Å². The molecule has 0 aliphatic heterocycles. The van der Waals surface area contributed by atoms with Gasteiger partial charge in [-0.05, 0) is 43.2 Å². The number of carbonyl (C=O) groups is 1. The van der Waals surface area contributed by atoms with Gasteiger partial charge in [0.15, 0.2) is 0 Å². The lowest BCUT2D eigenvalue weighted by Crippen LogP contribution is -2.31. The van der Waals surface area contributed by atoms with Crippen LogP contribution < -0.4 is 11.1 Å². The molecule has 2 aromatic carbocycles. The highest BCUT2D eigenvalue weighted by Crippen LogP contribution is 2.33. The number of fused-ring (bicyclic) bond motifs is 1. The smallest absolute Gasteiger partial charge is 0.251 e. The van der Waals surface area contributed by atoms with Crippen LogP contribution in [0.2, 0.25) is 0 Å². The van der Waals surface area contributed by atoms with Crippen molar-refractivity contribution in [1.82, 2.24) is 20.2 Å². The van der Waals surface area contributed by atoms with Crippen LogP contribution in [0, 0.1) is 0 Å². The molecule has 0 bridgehead atoms. The van der Waals surface area contributed by atoms with Gasteiger partial charge in [-0.15, -0.1) is 0 Å². The lowest BCUT2D eigenvalue weighted by molar-refractivity contribution is 0.0951. The summed E-state index contributed by atoms with van der Waals surface area (Å²) in [5.41, 5.74) is 10.4. The van der Waals surface area contributed by atoms with Crippen LogP contribution in [-0.2, 0) is 0 Å². The van der Waals surface area contributed by atoms with Crippen LogP contribution in [0.15, 0.2) is 73.2 Å². The van der Waals surface area contributed by atoms with Crippen LogP contribution in [-0.4, -0.2) is 48.0 Å². The third-order valence-corrected chi connectivity index (χ3v) is 5.18. The van der Waals surface area contributed by atoms with Crippen LogP contribution >= 0.6 is 0 Å². The summed E-state index contributed by atoms with van der Waals surface area (Å²) in [5.74, 6) is 0.352. The molecular weight excluding hydrogens is 386 g/mol. The minimum Gasteiger partial charge on any atom is -0.383 e. The molecule has 1 amide bonds. The number of carbonyl (C=O) groups excluding carboxylic acids is 1. The molecule has 0 saturated heterocycles. The Balaban J connectivity index is 1.68. The molecule has 0 fully saturated rings. The second-order valence-corrected chi connectivity index (χ2v) is 7.70. The molecule has 4 rings (SSSR count). The Kier molecular flexibility index (Phi) is 5.91. The van der Waals surface area contributed by atoms with Gasteiger partial charge < -0.3 is 16.0 Å². The van der Waals surface area contributed by atoms with Crippen LogP contribution in [0.1, 0.15) is 10.4 Å². The van der Waals surface area contributed by atoms with E-state index in [9.17, 15) is 4.79 Å². The molecule has 0 aliphatic rings. The standard InChI is InChI=1S/C25H25N5O/c1-30(2)11-10-28-25(31)18-8-5-7-17(12-18)20-13-22(24(26)29-15-20)23-16-27-14-19-6-3-4-9-21(19)23/h3-9,12-16H,10-11H2,1-2H3,(H2,26,29)(H,28,31). The predicted molar refractivity (Wildman–Crippen MR) is 126 cm³/mol. The average Bonchev–Trinajstić information content (AvgIpc) is 2.79. The van der Waals surface area contributed by atoms with Crippen molar-refractivity contribution in [3.8, 4) is 22.3 Å². The second-order valence-electron chi connectivity index (χ2n) is 7.70. The fraction of sp³-hybridized carbons (Fsp3) is 0.160. The molecule has 4 aromatic rings. The van der Waals surface area contributed by atoms with E-state index in [-0.39, 0.29) is 5.91 Å². The molecule has 0 atom stereocenters. The van der Waals surface area contributed by atoms with E-state index in [1.165, 1.54) is 0 Å². The van der Waals surface area contributed by atoms with Gasteiger partial charge in [-0.1, -0.05) is 36.4 Å². The molecule has 0 aliphatic carbocycles. The molecule has 2 heterocycles. The Hall–Kier alpha value is -3.77. The van der Waals surface area contributed by atoms with Gasteiger partial charge >= 0.3 is 0 Å². The monoisotopic (exact) mass is 411 g/mol. The quantitative estimate of drug-likeness (QED) is 0.504. The van der Waals surface area contributed by atoms with E-state index in [1.807, 2.05) is 79.9 Å². The normalized spacial score (nSPS) is 11.1. The molecule has 3 N–H and O–H groups in total. The number of hydrogen-bond donors (Lipinski definition) is 2. The second kappa shape index (κ2) is 8.93. The first-order valence-electron chi connectivity index (χ1n) is 10.1. The summed E-state index contributed by atoms with van der Waals surface area (Å²) in [4.78, 5) is 23.4. The Bertz CT molecular complexity index is 1230. The van der Waals surface area contributed by atoms with E-state index < -0.39 is 0 Å². The number of benzene rings is 2. The van der Waals surface area contributed by atoms with E-state index in [2.05, 4.69) is 21.4 Å². The van der Waals surface area contributed by atoms with Gasteiger partial charge in [0, 0.05) is 59.3 Å². The number of anilines is 1. The predicted octanol–water partition coefficient (Wildman–Crippen LogP) is 3.84. The van der Waals surface area contributed by atoms with Gasteiger partial charge in [0.1, 0.15) is 5.82 Å². The number of amides is 1. The van der Waals surface area contributed by atoms with Gasteiger partial charge in [-0.25, -0.2) is 4.98 Å². The number of pyridine rings is 2. The van der Waals surface area contributed by atoms with Crippen molar-refractivity contribution >= 4 is 22.5 Å². The zero-order valence-electron chi connectivity index (χ0n) is 17.7. The molecule has 0 radical (unpaired) electrons. The fourth-order valence-corrected chi connectivity index (χ4v) is 3.52. The number of nitrogen functional groups attached to an aromatic ring is 1. The number of likely N-dealkylation sites (N-methyl/N-ethyl adjacent to an activating group) is 1. The summed E-state index contributed by atoms with van der Waals surface area (Å²) in [7, 11) is 3.95. The first-order chi connectivity index (χ1) is 15.0. The van der Waals surface area contributed by atoms with Crippen molar-refractivity contribution in [3.63, 3.8) is 0 Å². The first kappa shape index (κ1) is 20.5. The summed E-state index contributed by atoms with van der Waals surface area (Å²) in [5, 5.41) is 5.06. The Morgan fingerprint density at radius 3 is 2.65 bits per heavy atom. The van der Waals surface area contributed by atoms with E-state index in [0.717, 1.165) is 39.6 Å². The molecule has 6 heteroatoms. The highest BCUT2D eigenvalue weighted by atomic mass is 16.1. The number of aromatic nitrogens is 2. The summed E-state index contributed by atoms with van der Waals surface area (Å²) >= 11 is 0. The van der Waals surface area contributed by atoms with Gasteiger partial charge in [0.05, 0.1) is 0 Å². The largest absolute Gasteiger partial charge is 0.383 e. The maximum absolute atomic E-state index is 12.5. The van der Waals surface area contributed by atoms with E-state index in [1.54, 1.807) is 6.20 Å². The Morgan fingerprint density at radius 1 is 0.968 bits per heavy atom. The van der Waals surface area contributed by atoms with Gasteiger partial charge in [-0.2, -0.15) is 0 Å². The minimum absolute atomic E-state index is 0.0921. The molecule has 0 saturated carbocycles. The van der Waals surface area contributed by atoms with Crippen molar-refractivity contribution < 1.29 is 4.79 Å². The van der Waals surface area contributed by atoms with Crippen molar-refractivity contribution in [2.24, 2.45) is 0 Å². The van der Waals surface area contributed by atoms with Crippen LogP contribution in [0.5, 0.6) is 0 Å². The summed E-state index contributed by atoms with van der Waals surface area (Å²) < 4.78 is 0. The zero-order valence-corrected chi connectivity index (χ0v) is 17.7. The maximum atomic E-state index is 12.5. The van der Waals surface area contributed by atoms with Crippen molar-refractivity contribution in [1.29, 1.82) is 0 Å². The summed E-state index contributed by atoms with van der Waals surface area (Å²) in [6.45, 7) is 1.38. The number of nitrogens with zero attached hydrogens (tertiary/aromatic N) is 3. The first-order valence-corrected chi connectivity index (χ1v) is 10.1. The topological polar surface area (TPSA) is 84.1 Å². The molecule has 31 heavy (non-hydrogen) atoms. The number of rotatable bonds is 6. The van der Waals surface area contributed by atoms with Gasteiger partial charge in [-0.3, -0.25) is 9.78 Å². The fourth-order valence-electron chi connectivity index (χ4n) is 3.52. The molecular formula is C25H25N5O. The van der Waals surface area contributed by atoms with Crippen LogP contribution in [0.4, 0.5) is 5.82 Å². The number of hydrogen-bond acceptors (Lipinski definition) is 5. The third kappa shape index (κ3) is 4.54. The molecule has 2 aromatic heterocycles. The Labute approximate surface area is 181 Å². The molecule has 156 valence electrons. The molecule has 0 unspecified atom stereocenters. The van der Waals surface area contributed by atoms with Gasteiger partial charge in [0.2, 0.25) is 0 Å². The average molecular weight is 412 g/mol.